The molecule has 1 saturated carbocycles. The third-order valence-electron chi connectivity index (χ3n) is 5.03. The number of aliphatic hydroxyl groups excluding tert-OH is 1. The molecule has 3 rings (SSSR count). The molecule has 1 N–H and O–H groups in total. The van der Waals surface area contributed by atoms with E-state index in [1.54, 1.807) is 0 Å². The van der Waals surface area contributed by atoms with E-state index in [1.165, 1.54) is 12.1 Å². The molecule has 0 aromatic heterocycles. The molecule has 1 aliphatic carbocycles. The molecule has 1 aliphatic heterocycles. The number of carbonyl (C=O) groups excluding carboxylic acids is 2. The van der Waals surface area contributed by atoms with Crippen LogP contribution in [-0.2, 0) is 35.5 Å². The van der Waals surface area contributed by atoms with E-state index in [4.69, 9.17) is 21.1 Å². The van der Waals surface area contributed by atoms with Gasteiger partial charge in [-0.1, -0.05) is 11.6 Å². The van der Waals surface area contributed by atoms with Crippen molar-refractivity contribution in [1.29, 1.82) is 0 Å². The smallest absolute Gasteiger partial charge is 0.175 e. The molecular weight excluding hydrogens is 420 g/mol. The van der Waals surface area contributed by atoms with E-state index in [1.807, 2.05) is 0 Å². The first kappa shape index (κ1) is 22.0. The normalized spacial score (nSPS) is 20.3. The van der Waals surface area contributed by atoms with Gasteiger partial charge >= 0.3 is 0 Å². The molecular formula is C20H23ClO7S. The number of allylic oxidation sites excluding steroid dienone is 1. The fourth-order valence-corrected chi connectivity index (χ4v) is 4.84. The number of Topliss-reactive ketones (excluding diaryl/α,β-unsaturated/α-hetero) is 2. The summed E-state index contributed by atoms with van der Waals surface area (Å²) in [5, 5.41) is 10.6. The van der Waals surface area contributed by atoms with Gasteiger partial charge in [-0.2, -0.15) is 0 Å². The summed E-state index contributed by atoms with van der Waals surface area (Å²) in [7, 11) is -3.62. The van der Waals surface area contributed by atoms with Crippen molar-refractivity contribution in [2.24, 2.45) is 0 Å². The Bertz CT molecular complexity index is 941. The van der Waals surface area contributed by atoms with Gasteiger partial charge in [-0.25, -0.2) is 8.42 Å². The summed E-state index contributed by atoms with van der Waals surface area (Å²) in [5.41, 5.74) is -0.0719. The van der Waals surface area contributed by atoms with E-state index < -0.39 is 27.2 Å². The predicted molar refractivity (Wildman–Crippen MR) is 107 cm³/mol. The third kappa shape index (κ3) is 4.88. The Morgan fingerprint density at radius 1 is 1.24 bits per heavy atom. The molecule has 1 aromatic carbocycles. The fraction of sp³-hybridized carbons (Fsp3) is 0.500. The quantitative estimate of drug-likeness (QED) is 0.410. The van der Waals surface area contributed by atoms with Crippen molar-refractivity contribution in [3.05, 3.63) is 33.9 Å². The molecule has 0 amide bonds. The highest BCUT2D eigenvalue weighted by atomic mass is 35.5. The zero-order valence-corrected chi connectivity index (χ0v) is 17.6. The molecule has 158 valence electrons. The average Bonchev–Trinajstić information content (AvgIpc) is 3.15. The monoisotopic (exact) mass is 442 g/mol. The van der Waals surface area contributed by atoms with Crippen molar-refractivity contribution in [3.63, 3.8) is 0 Å². The highest BCUT2D eigenvalue weighted by Gasteiger charge is 2.30. The lowest BCUT2D eigenvalue weighted by molar-refractivity contribution is -0.123. The minimum atomic E-state index is -3.62. The molecule has 9 heteroatoms. The van der Waals surface area contributed by atoms with Crippen molar-refractivity contribution in [2.45, 2.75) is 49.7 Å². The average molecular weight is 443 g/mol. The molecule has 1 saturated heterocycles. The van der Waals surface area contributed by atoms with E-state index >= 15 is 0 Å². The van der Waals surface area contributed by atoms with Gasteiger partial charge in [0.15, 0.2) is 21.4 Å². The Hall–Kier alpha value is -1.74. The van der Waals surface area contributed by atoms with Crippen LogP contribution in [0.5, 0.6) is 0 Å². The zero-order valence-electron chi connectivity index (χ0n) is 16.1. The highest BCUT2D eigenvalue weighted by Crippen LogP contribution is 2.34. The Labute approximate surface area is 174 Å². The number of hydrogen-bond acceptors (Lipinski definition) is 7. The van der Waals surface area contributed by atoms with Gasteiger partial charge in [0.2, 0.25) is 0 Å². The summed E-state index contributed by atoms with van der Waals surface area (Å²) in [6, 6.07) is 2.61. The third-order valence-corrected chi connectivity index (χ3v) is 6.64. The second-order valence-electron chi connectivity index (χ2n) is 7.25. The fourth-order valence-electron chi connectivity index (χ4n) is 3.55. The van der Waals surface area contributed by atoms with Crippen molar-refractivity contribution in [2.75, 3.05) is 19.5 Å². The second-order valence-corrected chi connectivity index (χ2v) is 9.61. The number of aliphatic hydroxyl groups is 1. The largest absolute Gasteiger partial charge is 0.506 e. The van der Waals surface area contributed by atoms with Crippen LogP contribution in [0.3, 0.4) is 0 Å². The maximum absolute atomic E-state index is 12.2. The molecule has 1 unspecified atom stereocenters. The molecule has 1 heterocycles. The Kier molecular flexibility index (Phi) is 6.78. The predicted octanol–water partition coefficient (Wildman–Crippen LogP) is 3.03. The first-order chi connectivity index (χ1) is 13.7. The molecule has 0 radical (unpaired) electrons. The van der Waals surface area contributed by atoms with Crippen LogP contribution in [0.15, 0.2) is 22.6 Å². The highest BCUT2D eigenvalue weighted by molar-refractivity contribution is 7.90. The number of sulfone groups is 1. The summed E-state index contributed by atoms with van der Waals surface area (Å²) in [6.45, 7) is 0.843. The molecule has 0 spiro atoms. The lowest BCUT2D eigenvalue weighted by Gasteiger charge is -2.18. The molecule has 29 heavy (non-hydrogen) atoms. The van der Waals surface area contributed by atoms with Crippen LogP contribution in [0.4, 0.5) is 0 Å². The summed E-state index contributed by atoms with van der Waals surface area (Å²) in [4.78, 5) is 24.3. The first-order valence-electron chi connectivity index (χ1n) is 9.41. The number of rotatable bonds is 6. The van der Waals surface area contributed by atoms with Crippen LogP contribution < -0.4 is 0 Å². The van der Waals surface area contributed by atoms with Gasteiger partial charge < -0.3 is 14.6 Å². The standard InChI is InChI=1S/C20H23ClO7S/c1-29(25,26)17-8-7-13(20(24)18-15(22)5-2-6-16(18)23)19(21)14(17)11-27-10-12-4-3-9-28-12/h7-8,12,24H,2-6,9-11H2,1H3. The minimum absolute atomic E-state index is 0.0299. The van der Waals surface area contributed by atoms with E-state index in [0.717, 1.165) is 19.1 Å². The number of benzene rings is 1. The summed E-state index contributed by atoms with van der Waals surface area (Å²) in [6.07, 6.45) is 3.59. The van der Waals surface area contributed by atoms with Crippen molar-refractivity contribution in [3.8, 4) is 0 Å². The Morgan fingerprint density at radius 3 is 2.52 bits per heavy atom. The van der Waals surface area contributed by atoms with Crippen molar-refractivity contribution >= 4 is 38.8 Å². The van der Waals surface area contributed by atoms with Gasteiger partial charge in [-0.05, 0) is 31.4 Å². The first-order valence-corrected chi connectivity index (χ1v) is 11.7. The van der Waals surface area contributed by atoms with Gasteiger partial charge in [-0.3, -0.25) is 9.59 Å². The lowest BCUT2D eigenvalue weighted by Crippen LogP contribution is -2.20. The van der Waals surface area contributed by atoms with E-state index in [0.29, 0.717) is 13.0 Å². The van der Waals surface area contributed by atoms with Crippen LogP contribution in [0.2, 0.25) is 5.02 Å². The van der Waals surface area contributed by atoms with E-state index in [-0.39, 0.29) is 58.8 Å². The van der Waals surface area contributed by atoms with Crippen LogP contribution in [0, 0.1) is 0 Å². The van der Waals surface area contributed by atoms with E-state index in [9.17, 15) is 23.1 Å². The van der Waals surface area contributed by atoms with Crippen molar-refractivity contribution in [1.82, 2.24) is 0 Å². The maximum Gasteiger partial charge on any atom is 0.175 e. The number of hydrogen-bond donors (Lipinski definition) is 1. The van der Waals surface area contributed by atoms with E-state index in [2.05, 4.69) is 0 Å². The van der Waals surface area contributed by atoms with Gasteiger partial charge in [0.1, 0.15) is 11.3 Å². The van der Waals surface area contributed by atoms with Crippen LogP contribution in [-0.4, -0.2) is 50.7 Å². The molecule has 2 fully saturated rings. The summed E-state index contributed by atoms with van der Waals surface area (Å²) < 4.78 is 35.5. The summed E-state index contributed by atoms with van der Waals surface area (Å²) >= 11 is 6.43. The van der Waals surface area contributed by atoms with Gasteiger partial charge in [-0.15, -0.1) is 0 Å². The van der Waals surface area contributed by atoms with Crippen LogP contribution in [0.1, 0.15) is 43.2 Å². The number of halogens is 1. The van der Waals surface area contributed by atoms with Gasteiger partial charge in [0, 0.05) is 36.8 Å². The summed E-state index contributed by atoms with van der Waals surface area (Å²) in [5.74, 6) is -1.42. The molecule has 1 aromatic rings. The SMILES string of the molecule is CS(=O)(=O)c1ccc(C(O)=C2C(=O)CCCC2=O)c(Cl)c1COCC1CCCO1. The number of ketones is 2. The number of carbonyl (C=O) groups is 2. The number of ether oxygens (including phenoxy) is 2. The van der Waals surface area contributed by atoms with Gasteiger partial charge in [0.05, 0.1) is 29.2 Å². The minimum Gasteiger partial charge on any atom is -0.506 e. The maximum atomic E-state index is 12.2. The topological polar surface area (TPSA) is 107 Å². The zero-order chi connectivity index (χ0) is 21.2. The Morgan fingerprint density at radius 2 is 1.93 bits per heavy atom. The van der Waals surface area contributed by atoms with Crippen molar-refractivity contribution < 1.29 is 32.6 Å². The lowest BCUT2D eigenvalue weighted by atomic mass is 9.89. The molecule has 7 nitrogen and oxygen atoms in total. The van der Waals surface area contributed by atoms with Crippen LogP contribution >= 0.6 is 11.6 Å². The second kappa shape index (κ2) is 8.95. The van der Waals surface area contributed by atoms with Gasteiger partial charge in [0.25, 0.3) is 0 Å². The molecule has 2 aliphatic rings. The Balaban J connectivity index is 1.98. The van der Waals surface area contributed by atoms with Crippen LogP contribution in [0.25, 0.3) is 5.76 Å². The molecule has 0 bridgehead atoms. The molecule has 1 atom stereocenters.